The van der Waals surface area contributed by atoms with E-state index in [1.165, 1.54) is 0 Å². The monoisotopic (exact) mass is 308 g/mol. The molecule has 1 atom stereocenters. The molecular weight excluding hydrogens is 284 g/mol. The molecule has 5 heteroatoms. The van der Waals surface area contributed by atoms with Crippen molar-refractivity contribution in [3.05, 3.63) is 29.8 Å². The van der Waals surface area contributed by atoms with Crippen molar-refractivity contribution < 1.29 is 8.42 Å². The summed E-state index contributed by atoms with van der Waals surface area (Å²) in [6.45, 7) is 6.35. The molecule has 0 aliphatic rings. The average molecular weight is 308 g/mol. The molecule has 0 fully saturated rings. The summed E-state index contributed by atoms with van der Waals surface area (Å²) in [5, 5.41) is 0. The second-order valence-corrected chi connectivity index (χ2v) is 6.73. The molecule has 116 valence electrons. The van der Waals surface area contributed by atoms with Crippen molar-refractivity contribution in [3.8, 4) is 11.8 Å². The predicted molar refractivity (Wildman–Crippen MR) is 86.2 cm³/mol. The van der Waals surface area contributed by atoms with Crippen LogP contribution in [-0.2, 0) is 10.0 Å². The maximum Gasteiger partial charge on any atom is 0.240 e. The average Bonchev–Trinajstić information content (AvgIpc) is 2.46. The lowest BCUT2D eigenvalue weighted by Crippen LogP contribution is -2.37. The Morgan fingerprint density at radius 2 is 1.76 bits per heavy atom. The van der Waals surface area contributed by atoms with Crippen molar-refractivity contribution in [1.82, 2.24) is 4.72 Å². The van der Waals surface area contributed by atoms with Crippen LogP contribution in [0.1, 0.15) is 39.2 Å². The van der Waals surface area contributed by atoms with Crippen LogP contribution in [0.5, 0.6) is 0 Å². The van der Waals surface area contributed by atoms with Gasteiger partial charge in [-0.05, 0) is 37.1 Å². The van der Waals surface area contributed by atoms with Crippen LogP contribution in [0, 0.1) is 17.8 Å². The SMILES string of the molecule is CCC(CC)C(C)NS(=O)(=O)c1ccc(C#CCN)cc1. The van der Waals surface area contributed by atoms with E-state index in [-0.39, 0.29) is 17.5 Å². The van der Waals surface area contributed by atoms with Gasteiger partial charge in [0.2, 0.25) is 10.0 Å². The smallest absolute Gasteiger partial charge is 0.240 e. The van der Waals surface area contributed by atoms with Crippen molar-refractivity contribution >= 4 is 10.0 Å². The first-order chi connectivity index (χ1) is 9.94. The number of hydrogen-bond acceptors (Lipinski definition) is 3. The van der Waals surface area contributed by atoms with Crippen LogP contribution in [0.25, 0.3) is 0 Å². The van der Waals surface area contributed by atoms with Gasteiger partial charge in [-0.15, -0.1) is 0 Å². The number of hydrogen-bond donors (Lipinski definition) is 2. The topological polar surface area (TPSA) is 72.2 Å². The van der Waals surface area contributed by atoms with Gasteiger partial charge in [0.05, 0.1) is 11.4 Å². The van der Waals surface area contributed by atoms with Crippen molar-refractivity contribution in [2.24, 2.45) is 11.7 Å². The number of nitrogens with one attached hydrogen (secondary N) is 1. The van der Waals surface area contributed by atoms with Gasteiger partial charge in [-0.2, -0.15) is 0 Å². The third-order valence-corrected chi connectivity index (χ3v) is 5.17. The van der Waals surface area contributed by atoms with E-state index < -0.39 is 10.0 Å². The minimum Gasteiger partial charge on any atom is -0.320 e. The number of benzene rings is 1. The van der Waals surface area contributed by atoms with Crippen LogP contribution in [0.4, 0.5) is 0 Å². The van der Waals surface area contributed by atoms with E-state index in [1.54, 1.807) is 24.3 Å². The molecule has 3 N–H and O–H groups in total. The van der Waals surface area contributed by atoms with Crippen LogP contribution in [0.2, 0.25) is 0 Å². The van der Waals surface area contributed by atoms with Crippen LogP contribution >= 0.6 is 0 Å². The predicted octanol–water partition coefficient (Wildman–Crippen LogP) is 2.10. The van der Waals surface area contributed by atoms with Crippen molar-refractivity contribution in [2.75, 3.05) is 6.54 Å². The maximum absolute atomic E-state index is 12.3. The van der Waals surface area contributed by atoms with Crippen molar-refractivity contribution in [1.29, 1.82) is 0 Å². The molecule has 1 rings (SSSR count). The van der Waals surface area contributed by atoms with Gasteiger partial charge in [0.15, 0.2) is 0 Å². The summed E-state index contributed by atoms with van der Waals surface area (Å²) in [5.74, 6) is 5.95. The van der Waals surface area contributed by atoms with E-state index >= 15 is 0 Å². The second kappa shape index (κ2) is 8.18. The third kappa shape index (κ3) is 5.16. The number of rotatable bonds is 6. The van der Waals surface area contributed by atoms with Gasteiger partial charge in [0, 0.05) is 11.6 Å². The van der Waals surface area contributed by atoms with Gasteiger partial charge in [-0.3, -0.25) is 0 Å². The van der Waals surface area contributed by atoms with Gasteiger partial charge in [-0.1, -0.05) is 38.5 Å². The Morgan fingerprint density at radius 1 is 1.19 bits per heavy atom. The molecule has 0 bridgehead atoms. The van der Waals surface area contributed by atoms with Gasteiger partial charge < -0.3 is 5.73 Å². The molecule has 0 radical (unpaired) electrons. The van der Waals surface area contributed by atoms with E-state index in [4.69, 9.17) is 5.73 Å². The molecule has 1 unspecified atom stereocenters. The lowest BCUT2D eigenvalue weighted by atomic mass is 9.96. The zero-order valence-corrected chi connectivity index (χ0v) is 13.7. The second-order valence-electron chi connectivity index (χ2n) is 5.02. The first kappa shape index (κ1) is 17.7. The summed E-state index contributed by atoms with van der Waals surface area (Å²) < 4.78 is 27.4. The minimum absolute atomic E-state index is 0.0818. The van der Waals surface area contributed by atoms with Crippen LogP contribution in [0.15, 0.2) is 29.2 Å². The first-order valence-corrected chi connectivity index (χ1v) is 8.74. The molecule has 0 heterocycles. The summed E-state index contributed by atoms with van der Waals surface area (Å²) >= 11 is 0. The first-order valence-electron chi connectivity index (χ1n) is 7.25. The Kier molecular flexibility index (Phi) is 6.90. The van der Waals surface area contributed by atoms with Gasteiger partial charge >= 0.3 is 0 Å². The van der Waals surface area contributed by atoms with E-state index in [0.29, 0.717) is 5.92 Å². The molecule has 0 aliphatic heterocycles. The highest BCUT2D eigenvalue weighted by Gasteiger charge is 2.21. The summed E-state index contributed by atoms with van der Waals surface area (Å²) in [6, 6.07) is 6.45. The van der Waals surface area contributed by atoms with Crippen LogP contribution < -0.4 is 10.5 Å². The molecule has 4 nitrogen and oxygen atoms in total. The molecular formula is C16H24N2O2S. The maximum atomic E-state index is 12.3. The van der Waals surface area contributed by atoms with Gasteiger partial charge in [0.1, 0.15) is 0 Å². The lowest BCUT2D eigenvalue weighted by molar-refractivity contribution is 0.391. The van der Waals surface area contributed by atoms with Crippen LogP contribution in [-0.4, -0.2) is 21.0 Å². The Bertz CT molecular complexity index is 593. The molecule has 1 aromatic rings. The van der Waals surface area contributed by atoms with Gasteiger partial charge in [0.25, 0.3) is 0 Å². The molecule has 21 heavy (non-hydrogen) atoms. The molecule has 0 aliphatic carbocycles. The molecule has 0 aromatic heterocycles. The standard InChI is InChI=1S/C16H24N2O2S/c1-4-15(5-2)13(3)18-21(19,20)16-10-8-14(9-11-16)7-6-12-17/h8-11,13,15,18H,4-5,12,17H2,1-3H3. The van der Waals surface area contributed by atoms with Crippen molar-refractivity contribution in [2.45, 2.75) is 44.6 Å². The molecule has 0 saturated carbocycles. The van der Waals surface area contributed by atoms with E-state index in [1.807, 2.05) is 6.92 Å². The number of sulfonamides is 1. The summed E-state index contributed by atoms with van der Waals surface area (Å²) in [6.07, 6.45) is 1.90. The Hall–Kier alpha value is -1.35. The highest BCUT2D eigenvalue weighted by molar-refractivity contribution is 7.89. The van der Waals surface area contributed by atoms with Crippen LogP contribution in [0.3, 0.4) is 0 Å². The zero-order chi connectivity index (χ0) is 15.9. The molecule has 0 saturated heterocycles. The fraction of sp³-hybridized carbons (Fsp3) is 0.500. The Morgan fingerprint density at radius 3 is 2.24 bits per heavy atom. The Labute approximate surface area is 128 Å². The Balaban J connectivity index is 2.88. The molecule has 0 amide bonds. The van der Waals surface area contributed by atoms with E-state index in [9.17, 15) is 8.42 Å². The van der Waals surface area contributed by atoms with E-state index in [2.05, 4.69) is 30.4 Å². The normalized spacial score (nSPS) is 12.8. The largest absolute Gasteiger partial charge is 0.320 e. The minimum atomic E-state index is -3.48. The summed E-state index contributed by atoms with van der Waals surface area (Å²) in [4.78, 5) is 0.263. The summed E-state index contributed by atoms with van der Waals surface area (Å²) in [5.41, 5.74) is 6.06. The molecule has 1 aromatic carbocycles. The molecule has 0 spiro atoms. The fourth-order valence-electron chi connectivity index (χ4n) is 2.28. The lowest BCUT2D eigenvalue weighted by Gasteiger charge is -2.22. The highest BCUT2D eigenvalue weighted by atomic mass is 32.2. The van der Waals surface area contributed by atoms with E-state index in [0.717, 1.165) is 18.4 Å². The number of nitrogens with two attached hydrogens (primary N) is 1. The zero-order valence-electron chi connectivity index (χ0n) is 12.9. The summed E-state index contributed by atoms with van der Waals surface area (Å²) in [7, 11) is -3.48. The fourth-order valence-corrected chi connectivity index (χ4v) is 3.59. The third-order valence-electron chi connectivity index (χ3n) is 3.60. The highest BCUT2D eigenvalue weighted by Crippen LogP contribution is 2.16. The quantitative estimate of drug-likeness (QED) is 0.791. The van der Waals surface area contributed by atoms with Gasteiger partial charge in [-0.25, -0.2) is 13.1 Å². The van der Waals surface area contributed by atoms with Crippen molar-refractivity contribution in [3.63, 3.8) is 0 Å².